The van der Waals surface area contributed by atoms with E-state index in [9.17, 15) is 16.8 Å². The van der Waals surface area contributed by atoms with Crippen molar-refractivity contribution in [3.63, 3.8) is 0 Å². The van der Waals surface area contributed by atoms with E-state index in [2.05, 4.69) is 9.71 Å². The maximum Gasteiger partial charge on any atom is 0.240 e. The van der Waals surface area contributed by atoms with Crippen LogP contribution in [0.1, 0.15) is 17.7 Å². The van der Waals surface area contributed by atoms with E-state index in [0.717, 1.165) is 0 Å². The zero-order chi connectivity index (χ0) is 21.6. The number of hydrogen-bond acceptors (Lipinski definition) is 6. The lowest BCUT2D eigenvalue weighted by Crippen LogP contribution is -2.32. The Morgan fingerprint density at radius 2 is 1.60 bits per heavy atom. The van der Waals surface area contributed by atoms with Crippen LogP contribution in [-0.4, -0.2) is 35.0 Å². The number of nitrogens with zero attached hydrogens (tertiary/aromatic N) is 1. The van der Waals surface area contributed by atoms with Gasteiger partial charge in [-0.2, -0.15) is 0 Å². The average molecular weight is 447 g/mol. The summed E-state index contributed by atoms with van der Waals surface area (Å²) in [6.07, 6.45) is 2.95. The number of pyridine rings is 1. The maximum atomic E-state index is 13.2. The summed E-state index contributed by atoms with van der Waals surface area (Å²) in [4.78, 5) is 4.12. The standard InChI is InChI=1S/C21H22N2O5S2/c1-2-28-18-10-12-20(13-11-18)30(26,27)23-16-21(17-7-6-14-22-15-17)29(24,25)19-8-4-3-5-9-19/h3-15,21,23H,2,16H2,1H3. The van der Waals surface area contributed by atoms with Gasteiger partial charge in [-0.05, 0) is 55.0 Å². The molecule has 0 fully saturated rings. The molecule has 3 rings (SSSR count). The first kappa shape index (κ1) is 21.9. The van der Waals surface area contributed by atoms with Gasteiger partial charge in [-0.1, -0.05) is 24.3 Å². The lowest BCUT2D eigenvalue weighted by atomic mass is 10.2. The van der Waals surface area contributed by atoms with Crippen molar-refractivity contribution in [3.8, 4) is 5.75 Å². The van der Waals surface area contributed by atoms with Crippen molar-refractivity contribution in [2.75, 3.05) is 13.2 Å². The Hall–Kier alpha value is -2.75. The molecule has 158 valence electrons. The van der Waals surface area contributed by atoms with Crippen LogP contribution in [0.4, 0.5) is 0 Å². The molecule has 1 atom stereocenters. The van der Waals surface area contributed by atoms with Crippen LogP contribution in [-0.2, 0) is 19.9 Å². The Kier molecular flexibility index (Phi) is 6.86. The van der Waals surface area contributed by atoms with Gasteiger partial charge in [0.1, 0.15) is 11.0 Å². The predicted octanol–water partition coefficient (Wildman–Crippen LogP) is 2.97. The second-order valence-corrected chi connectivity index (χ2v) is 10.3. The van der Waals surface area contributed by atoms with Crippen LogP contribution in [0.2, 0.25) is 0 Å². The fraction of sp³-hybridized carbons (Fsp3) is 0.190. The summed E-state index contributed by atoms with van der Waals surface area (Å²) in [6, 6.07) is 17.1. The molecule has 0 aliphatic rings. The zero-order valence-corrected chi connectivity index (χ0v) is 17.9. The topological polar surface area (TPSA) is 102 Å². The van der Waals surface area contributed by atoms with Crippen LogP contribution >= 0.6 is 0 Å². The van der Waals surface area contributed by atoms with E-state index < -0.39 is 25.1 Å². The second kappa shape index (κ2) is 9.38. The van der Waals surface area contributed by atoms with Crippen molar-refractivity contribution >= 4 is 19.9 Å². The minimum atomic E-state index is -3.93. The van der Waals surface area contributed by atoms with Crippen molar-refractivity contribution < 1.29 is 21.6 Å². The summed E-state index contributed by atoms with van der Waals surface area (Å²) >= 11 is 0. The molecule has 0 amide bonds. The molecule has 1 aromatic heterocycles. The minimum absolute atomic E-state index is 0.0213. The number of sulfone groups is 1. The number of sulfonamides is 1. The molecule has 0 aliphatic carbocycles. The van der Waals surface area contributed by atoms with E-state index in [1.54, 1.807) is 42.5 Å². The van der Waals surface area contributed by atoms with Gasteiger partial charge in [-0.3, -0.25) is 4.98 Å². The number of ether oxygens (including phenoxy) is 1. The first-order valence-electron chi connectivity index (χ1n) is 9.26. The molecule has 2 aromatic carbocycles. The molecule has 0 saturated carbocycles. The Morgan fingerprint density at radius 1 is 0.900 bits per heavy atom. The van der Waals surface area contributed by atoms with Crippen molar-refractivity contribution in [2.45, 2.75) is 22.0 Å². The smallest absolute Gasteiger partial charge is 0.240 e. The largest absolute Gasteiger partial charge is 0.494 e. The van der Waals surface area contributed by atoms with E-state index in [-0.39, 0.29) is 16.3 Å². The Bertz CT molecular complexity index is 1170. The van der Waals surface area contributed by atoms with Crippen molar-refractivity contribution in [3.05, 3.63) is 84.7 Å². The van der Waals surface area contributed by atoms with Crippen LogP contribution in [0.3, 0.4) is 0 Å². The van der Waals surface area contributed by atoms with E-state index in [4.69, 9.17) is 4.74 Å². The second-order valence-electron chi connectivity index (χ2n) is 6.39. The number of aromatic nitrogens is 1. The summed E-state index contributed by atoms with van der Waals surface area (Å²) in [5.41, 5.74) is 0.399. The highest BCUT2D eigenvalue weighted by atomic mass is 32.2. The summed E-state index contributed by atoms with van der Waals surface area (Å²) < 4.78 is 59.7. The van der Waals surface area contributed by atoms with E-state index >= 15 is 0 Å². The van der Waals surface area contributed by atoms with Crippen LogP contribution in [0, 0.1) is 0 Å². The van der Waals surface area contributed by atoms with Gasteiger partial charge in [0, 0.05) is 18.9 Å². The van der Waals surface area contributed by atoms with Gasteiger partial charge in [-0.15, -0.1) is 0 Å². The lowest BCUT2D eigenvalue weighted by molar-refractivity contribution is 0.340. The summed E-state index contributed by atoms with van der Waals surface area (Å²) in [5.74, 6) is 0.552. The number of nitrogens with one attached hydrogen (secondary N) is 1. The Balaban J connectivity index is 1.89. The quantitative estimate of drug-likeness (QED) is 0.542. The number of hydrogen-bond donors (Lipinski definition) is 1. The van der Waals surface area contributed by atoms with Gasteiger partial charge in [0.15, 0.2) is 9.84 Å². The molecule has 30 heavy (non-hydrogen) atoms. The molecule has 7 nitrogen and oxygen atoms in total. The third-order valence-electron chi connectivity index (χ3n) is 4.41. The summed E-state index contributed by atoms with van der Waals surface area (Å²) in [6.45, 7) is 1.96. The molecule has 0 saturated heterocycles. The van der Waals surface area contributed by atoms with Crippen LogP contribution in [0.25, 0.3) is 0 Å². The normalized spacial score (nSPS) is 13.0. The highest BCUT2D eigenvalue weighted by Gasteiger charge is 2.31. The average Bonchev–Trinajstić information content (AvgIpc) is 2.76. The third kappa shape index (κ3) is 5.05. The third-order valence-corrected chi connectivity index (χ3v) is 7.96. The fourth-order valence-electron chi connectivity index (χ4n) is 2.90. The molecule has 3 aromatic rings. The van der Waals surface area contributed by atoms with Crippen LogP contribution in [0.15, 0.2) is 88.9 Å². The van der Waals surface area contributed by atoms with Gasteiger partial charge in [0.05, 0.1) is 16.4 Å². The fourth-order valence-corrected chi connectivity index (χ4v) is 5.72. The molecular formula is C21H22N2O5S2. The lowest BCUT2D eigenvalue weighted by Gasteiger charge is -2.19. The van der Waals surface area contributed by atoms with Gasteiger partial charge >= 0.3 is 0 Å². The van der Waals surface area contributed by atoms with Gasteiger partial charge < -0.3 is 4.74 Å². The number of benzene rings is 2. The monoisotopic (exact) mass is 446 g/mol. The van der Waals surface area contributed by atoms with Crippen LogP contribution < -0.4 is 9.46 Å². The predicted molar refractivity (Wildman–Crippen MR) is 113 cm³/mol. The number of rotatable bonds is 9. The molecule has 9 heteroatoms. The van der Waals surface area contributed by atoms with Crippen molar-refractivity contribution in [2.24, 2.45) is 0 Å². The van der Waals surface area contributed by atoms with Crippen LogP contribution in [0.5, 0.6) is 5.75 Å². The molecule has 0 bridgehead atoms. The highest BCUT2D eigenvalue weighted by molar-refractivity contribution is 7.92. The highest BCUT2D eigenvalue weighted by Crippen LogP contribution is 2.28. The molecule has 1 heterocycles. The Morgan fingerprint density at radius 3 is 2.20 bits per heavy atom. The molecular weight excluding hydrogens is 424 g/mol. The van der Waals surface area contributed by atoms with Gasteiger partial charge in [0.25, 0.3) is 0 Å². The molecule has 1 unspecified atom stereocenters. The summed E-state index contributed by atoms with van der Waals surface area (Å²) in [5, 5.41) is -1.13. The SMILES string of the molecule is CCOc1ccc(S(=O)(=O)NCC(c2cccnc2)S(=O)(=O)c2ccccc2)cc1. The molecule has 0 aliphatic heterocycles. The maximum absolute atomic E-state index is 13.2. The van der Waals surface area contributed by atoms with E-state index in [1.807, 2.05) is 6.92 Å². The summed E-state index contributed by atoms with van der Waals surface area (Å²) in [7, 11) is -7.79. The van der Waals surface area contributed by atoms with Gasteiger partial charge in [0.2, 0.25) is 10.0 Å². The Labute approximate surface area is 176 Å². The first-order chi connectivity index (χ1) is 14.3. The molecule has 1 N–H and O–H groups in total. The van der Waals surface area contributed by atoms with Gasteiger partial charge in [-0.25, -0.2) is 21.6 Å². The molecule has 0 radical (unpaired) electrons. The minimum Gasteiger partial charge on any atom is -0.494 e. The van der Waals surface area contributed by atoms with Crippen molar-refractivity contribution in [1.82, 2.24) is 9.71 Å². The van der Waals surface area contributed by atoms with E-state index in [0.29, 0.717) is 17.9 Å². The molecule has 0 spiro atoms. The first-order valence-corrected chi connectivity index (χ1v) is 12.3. The van der Waals surface area contributed by atoms with E-state index in [1.165, 1.54) is 36.7 Å². The zero-order valence-electron chi connectivity index (χ0n) is 16.3. The van der Waals surface area contributed by atoms with Crippen molar-refractivity contribution in [1.29, 1.82) is 0 Å².